The molecule has 9 heterocycles. The maximum atomic E-state index is 7.45. The van der Waals surface area contributed by atoms with Crippen LogP contribution >= 0.6 is 0 Å². The highest BCUT2D eigenvalue weighted by Gasteiger charge is 2.79. The fourth-order valence-corrected chi connectivity index (χ4v) is 15.4. The molecule has 6 nitrogen and oxygen atoms in total. The molecule has 0 radical (unpaired) electrons. The van der Waals surface area contributed by atoms with Crippen LogP contribution in [0.3, 0.4) is 0 Å². The normalized spacial score (nSPS) is 48.6. The maximum absolute atomic E-state index is 7.45. The molecule has 9 aliphatic heterocycles. The van der Waals surface area contributed by atoms with Gasteiger partial charge in [0, 0.05) is 60.0 Å². The molecule has 0 N–H and O–H groups in total. The van der Waals surface area contributed by atoms with Crippen LogP contribution in [0.1, 0.15) is 36.8 Å². The van der Waals surface area contributed by atoms with Gasteiger partial charge in [0.25, 0.3) is 0 Å². The van der Waals surface area contributed by atoms with Gasteiger partial charge < -0.3 is 40.7 Å². The average molecular weight is 706 g/mol. The van der Waals surface area contributed by atoms with E-state index in [1.807, 2.05) is 0 Å². The van der Waals surface area contributed by atoms with Crippen molar-refractivity contribution in [1.29, 1.82) is 0 Å². The number of nitrogens with zero attached hydrogens (tertiary/aromatic N) is 4. The summed E-state index contributed by atoms with van der Waals surface area (Å²) in [5.41, 5.74) is 9.76. The Morgan fingerprint density at radius 3 is 2.19 bits per heavy atom. The van der Waals surface area contributed by atoms with Gasteiger partial charge in [-0.1, -0.05) is 60.7 Å². The molecule has 5 saturated heterocycles. The van der Waals surface area contributed by atoms with E-state index in [4.69, 9.17) is 9.47 Å². The van der Waals surface area contributed by atoms with Gasteiger partial charge in [-0.25, -0.2) is 0 Å². The summed E-state index contributed by atoms with van der Waals surface area (Å²) in [4.78, 5) is 8.80. The predicted molar refractivity (Wildman–Crippen MR) is 181 cm³/mol. The van der Waals surface area contributed by atoms with E-state index in [0.29, 0.717) is 47.8 Å². The minimum Gasteiger partial charge on any atom is -1.00 e. The standard InChI is InChI=1S/C41H45N4O2.BrH/c1-2-16-45-17-14-41-29-8-4-6-10-31(29)44-37(41)35-27(21-33(41)45)25(23-45)12-19-47-39(35)43-30-9-5-3-7-28(30)40-13-15-42-22-24-11-18-46-38(44)34(36(40)43)26(24)20-32(40)42;/h2-12,26-27,32-39H,1,13-23H2;1H/q+1;/p-1/t26-,27-,32-,33-,34+,35?,36-,37-,38+,39+,40+,41+,45?;/m0./s1. The first-order valence-electron chi connectivity index (χ1n) is 18.8. The van der Waals surface area contributed by atoms with E-state index in [9.17, 15) is 0 Å². The Labute approximate surface area is 294 Å². The van der Waals surface area contributed by atoms with Gasteiger partial charge in [-0.2, -0.15) is 0 Å². The van der Waals surface area contributed by atoms with Crippen molar-refractivity contribution in [3.8, 4) is 0 Å². The van der Waals surface area contributed by atoms with Gasteiger partial charge in [-0.15, -0.1) is 0 Å². The first-order valence-corrected chi connectivity index (χ1v) is 18.8. The zero-order valence-corrected chi connectivity index (χ0v) is 29.2. The van der Waals surface area contributed by atoms with Crippen LogP contribution in [0.15, 0.2) is 84.5 Å². The molecule has 2 unspecified atom stereocenters. The van der Waals surface area contributed by atoms with Crippen molar-refractivity contribution in [2.45, 2.75) is 73.1 Å². The number of halogens is 1. The summed E-state index contributed by atoms with van der Waals surface area (Å²) in [7, 11) is 0. The topological polar surface area (TPSA) is 28.2 Å². The van der Waals surface area contributed by atoms with E-state index in [1.165, 1.54) is 61.2 Å². The molecule has 13 atom stereocenters. The molecule has 0 aromatic heterocycles. The van der Waals surface area contributed by atoms with Crippen LogP contribution in [0.2, 0.25) is 0 Å². The van der Waals surface area contributed by atoms with E-state index >= 15 is 0 Å². The Bertz CT molecular complexity index is 1860. The monoisotopic (exact) mass is 704 g/mol. The smallest absolute Gasteiger partial charge is 0.136 e. The number of rotatable bonds is 2. The highest BCUT2D eigenvalue weighted by Crippen LogP contribution is 2.71. The molecule has 4 bridgehead atoms. The number of hydrogen-bond donors (Lipinski definition) is 0. The second kappa shape index (κ2) is 9.08. The number of para-hydroxylation sites is 2. The van der Waals surface area contributed by atoms with Crippen molar-refractivity contribution in [3.63, 3.8) is 0 Å². The minimum atomic E-state index is 0. The van der Waals surface area contributed by atoms with Crippen LogP contribution in [0, 0.1) is 23.7 Å². The number of quaternary nitrogens is 1. The number of benzene rings is 2. The highest BCUT2D eigenvalue weighted by molar-refractivity contribution is 5.72. The molecule has 0 amide bonds. The Hall–Kier alpha value is -2.42. The van der Waals surface area contributed by atoms with Gasteiger partial charge >= 0.3 is 0 Å². The molecule has 11 aliphatic rings. The molecule has 2 saturated carbocycles. The zero-order chi connectivity index (χ0) is 30.4. The van der Waals surface area contributed by atoms with Crippen molar-refractivity contribution in [2.24, 2.45) is 23.7 Å². The molecule has 2 aliphatic carbocycles. The number of ether oxygens (including phenoxy) is 2. The van der Waals surface area contributed by atoms with Crippen LogP contribution in [0.5, 0.6) is 0 Å². The molecular formula is C41H45BrN4O2. The van der Waals surface area contributed by atoms with Crippen LogP contribution in [0.4, 0.5) is 11.4 Å². The van der Waals surface area contributed by atoms with E-state index in [-0.39, 0.29) is 40.3 Å². The third kappa shape index (κ3) is 2.81. The van der Waals surface area contributed by atoms with Crippen LogP contribution in [0.25, 0.3) is 0 Å². The summed E-state index contributed by atoms with van der Waals surface area (Å²) >= 11 is 0. The fraction of sp³-hybridized carbons (Fsp3) is 0.561. The van der Waals surface area contributed by atoms with Gasteiger partial charge in [0.1, 0.15) is 25.0 Å². The third-order valence-corrected chi connectivity index (χ3v) is 16.5. The summed E-state index contributed by atoms with van der Waals surface area (Å²) in [6.45, 7) is 11.6. The van der Waals surface area contributed by atoms with Crippen LogP contribution in [-0.2, 0) is 20.3 Å². The summed E-state index contributed by atoms with van der Waals surface area (Å²) in [5.74, 6) is 1.88. The molecule has 48 heavy (non-hydrogen) atoms. The quantitative estimate of drug-likeness (QED) is 0.353. The van der Waals surface area contributed by atoms with E-state index < -0.39 is 0 Å². The van der Waals surface area contributed by atoms with E-state index in [0.717, 1.165) is 26.3 Å². The van der Waals surface area contributed by atoms with Crippen molar-refractivity contribution in [2.75, 3.05) is 55.7 Å². The Morgan fingerprint density at radius 2 is 1.46 bits per heavy atom. The van der Waals surface area contributed by atoms with Gasteiger partial charge in [0.2, 0.25) is 0 Å². The largest absolute Gasteiger partial charge is 1.00 e. The zero-order valence-electron chi connectivity index (χ0n) is 27.6. The lowest BCUT2D eigenvalue weighted by Crippen LogP contribution is -3.00. The molecule has 2 spiro atoms. The van der Waals surface area contributed by atoms with Crippen LogP contribution in [-0.4, -0.2) is 91.9 Å². The highest BCUT2D eigenvalue weighted by atomic mass is 79.9. The maximum Gasteiger partial charge on any atom is 0.136 e. The predicted octanol–water partition coefficient (Wildman–Crippen LogP) is 1.97. The first-order chi connectivity index (χ1) is 23.2. The molecule has 7 heteroatoms. The Balaban J connectivity index is 0.00000268. The Kier molecular flexibility index (Phi) is 5.35. The lowest BCUT2D eigenvalue weighted by atomic mass is 9.52. The fourth-order valence-electron chi connectivity index (χ4n) is 15.4. The van der Waals surface area contributed by atoms with E-state index in [1.54, 1.807) is 22.3 Å². The van der Waals surface area contributed by atoms with E-state index in [2.05, 4.69) is 88.0 Å². The molecule has 2 aromatic rings. The van der Waals surface area contributed by atoms with Gasteiger partial charge in [-0.3, -0.25) is 4.90 Å². The third-order valence-electron chi connectivity index (χ3n) is 16.5. The summed E-state index contributed by atoms with van der Waals surface area (Å²) in [6.07, 6.45) is 12.5. The molecule has 248 valence electrons. The molecular weight excluding hydrogens is 660 g/mol. The number of hydrogen-bond acceptors (Lipinski definition) is 5. The minimum absolute atomic E-state index is 0. The average Bonchev–Trinajstić information content (AvgIpc) is 3.73. The van der Waals surface area contributed by atoms with Crippen molar-refractivity contribution in [1.82, 2.24) is 4.90 Å². The lowest BCUT2D eigenvalue weighted by molar-refractivity contribution is -0.937. The van der Waals surface area contributed by atoms with Gasteiger partial charge in [-0.05, 0) is 60.2 Å². The summed E-state index contributed by atoms with van der Waals surface area (Å²) in [5, 5.41) is 0. The second-order valence-corrected chi connectivity index (χ2v) is 17.2. The molecule has 13 rings (SSSR count). The molecule has 7 fully saturated rings. The van der Waals surface area contributed by atoms with Crippen LogP contribution < -0.4 is 26.8 Å². The van der Waals surface area contributed by atoms with Gasteiger partial charge in [0.15, 0.2) is 0 Å². The van der Waals surface area contributed by atoms with Crippen molar-refractivity contribution < 1.29 is 30.9 Å². The van der Waals surface area contributed by atoms with Gasteiger partial charge in [0.05, 0.1) is 43.8 Å². The molecule has 2 aromatic carbocycles. The first kappa shape index (κ1) is 28.3. The Morgan fingerprint density at radius 1 is 0.812 bits per heavy atom. The summed E-state index contributed by atoms with van der Waals surface area (Å²) < 4.78 is 16.1. The second-order valence-electron chi connectivity index (χ2n) is 17.2. The van der Waals surface area contributed by atoms with Crippen molar-refractivity contribution in [3.05, 3.63) is 95.6 Å². The summed E-state index contributed by atoms with van der Waals surface area (Å²) in [6, 6.07) is 21.3. The lowest BCUT2D eigenvalue weighted by Gasteiger charge is -2.65. The SMILES string of the molecule is C=CC[N+]12CC[C@@]34c5ccccc5N5[C@@H]6OCC=C7CN8CC[C@]9%10c%11ccccc%11N([C@@H]%11OCC=C(C1)[C@H](C[C@@H]32)C%11[C@H]54)[C@H]9[C@H]6[C@H]7C[C@H]8%10.[Br-]. The van der Waals surface area contributed by atoms with Crippen molar-refractivity contribution >= 4 is 11.4 Å². The number of fused-ring (bicyclic) bond motifs is 6. The number of anilines is 2. The number of piperidine rings is 2.